The lowest BCUT2D eigenvalue weighted by atomic mass is 10.1. The highest BCUT2D eigenvalue weighted by molar-refractivity contribution is 5.80. The molecule has 0 unspecified atom stereocenters. The number of fused-ring (bicyclic) bond motifs is 1. The topological polar surface area (TPSA) is 65.7 Å². The molecule has 2 aromatic carbocycles. The molecule has 25 heavy (non-hydrogen) atoms. The van der Waals surface area contributed by atoms with E-state index in [1.54, 1.807) is 32.0 Å². The lowest BCUT2D eigenvalue weighted by Gasteiger charge is -2.13. The Morgan fingerprint density at radius 1 is 1.12 bits per heavy atom. The van der Waals surface area contributed by atoms with E-state index in [-0.39, 0.29) is 12.0 Å². The van der Waals surface area contributed by atoms with Gasteiger partial charge in [-0.3, -0.25) is 4.79 Å². The molecule has 0 amide bonds. The van der Waals surface area contributed by atoms with Gasteiger partial charge in [-0.25, -0.2) is 4.79 Å². The zero-order valence-electron chi connectivity index (χ0n) is 14.0. The summed E-state index contributed by atoms with van der Waals surface area (Å²) >= 11 is 0. The number of hydrogen-bond donors (Lipinski definition) is 0. The van der Waals surface area contributed by atoms with Gasteiger partial charge in [0, 0.05) is 11.6 Å². The van der Waals surface area contributed by atoms with Crippen LogP contribution in [-0.4, -0.2) is 18.7 Å². The fourth-order valence-corrected chi connectivity index (χ4v) is 2.47. The summed E-state index contributed by atoms with van der Waals surface area (Å²) in [6, 6.07) is 15.8. The molecule has 0 radical (unpaired) electrons. The van der Waals surface area contributed by atoms with Crippen molar-refractivity contribution in [1.82, 2.24) is 0 Å². The molecular formula is C20H18O5. The molecule has 0 fully saturated rings. The van der Waals surface area contributed by atoms with Gasteiger partial charge in [-0.1, -0.05) is 30.3 Å². The summed E-state index contributed by atoms with van der Waals surface area (Å²) in [4.78, 5) is 24.1. The van der Waals surface area contributed by atoms with Crippen molar-refractivity contribution < 1.29 is 18.7 Å². The number of carbonyl (C=O) groups is 1. The van der Waals surface area contributed by atoms with Crippen molar-refractivity contribution in [2.75, 3.05) is 6.61 Å². The molecule has 5 nitrogen and oxygen atoms in total. The monoisotopic (exact) mass is 338 g/mol. The van der Waals surface area contributed by atoms with Crippen molar-refractivity contribution in [1.29, 1.82) is 0 Å². The van der Waals surface area contributed by atoms with Gasteiger partial charge in [-0.15, -0.1) is 0 Å². The van der Waals surface area contributed by atoms with Crippen LogP contribution in [0.1, 0.15) is 13.8 Å². The van der Waals surface area contributed by atoms with Gasteiger partial charge < -0.3 is 13.9 Å². The molecule has 0 aliphatic carbocycles. The smallest absolute Gasteiger partial charge is 0.347 e. The average molecular weight is 338 g/mol. The van der Waals surface area contributed by atoms with Gasteiger partial charge in [0.25, 0.3) is 0 Å². The molecule has 3 aromatic rings. The third-order valence-corrected chi connectivity index (χ3v) is 3.69. The minimum atomic E-state index is -0.756. The highest BCUT2D eigenvalue weighted by Gasteiger charge is 2.16. The van der Waals surface area contributed by atoms with E-state index in [0.717, 1.165) is 5.56 Å². The third-order valence-electron chi connectivity index (χ3n) is 3.69. The average Bonchev–Trinajstić information content (AvgIpc) is 2.63. The largest absolute Gasteiger partial charge is 0.479 e. The summed E-state index contributed by atoms with van der Waals surface area (Å²) in [5.74, 6) is 0.466. The predicted octanol–water partition coefficient (Wildman–Crippen LogP) is 3.79. The lowest BCUT2D eigenvalue weighted by Crippen LogP contribution is -2.26. The fourth-order valence-electron chi connectivity index (χ4n) is 2.47. The second kappa shape index (κ2) is 7.21. The first-order chi connectivity index (χ1) is 12.1. The van der Waals surface area contributed by atoms with Crippen LogP contribution in [0.4, 0.5) is 0 Å². The zero-order chi connectivity index (χ0) is 17.8. The Bertz CT molecular complexity index is 943. The van der Waals surface area contributed by atoms with E-state index in [4.69, 9.17) is 13.9 Å². The Kier molecular flexibility index (Phi) is 4.84. The van der Waals surface area contributed by atoms with Gasteiger partial charge in [-0.05, 0) is 32.0 Å². The van der Waals surface area contributed by atoms with Crippen LogP contribution in [-0.2, 0) is 9.53 Å². The van der Waals surface area contributed by atoms with Gasteiger partial charge in [-0.2, -0.15) is 0 Å². The quantitative estimate of drug-likeness (QED) is 0.662. The molecule has 0 aliphatic rings. The van der Waals surface area contributed by atoms with Gasteiger partial charge >= 0.3 is 5.97 Å². The highest BCUT2D eigenvalue weighted by atomic mass is 16.6. The van der Waals surface area contributed by atoms with E-state index >= 15 is 0 Å². The van der Waals surface area contributed by atoms with Crippen molar-refractivity contribution in [3.05, 3.63) is 64.8 Å². The summed E-state index contributed by atoms with van der Waals surface area (Å²) < 4.78 is 16.3. The molecule has 1 aromatic heterocycles. The van der Waals surface area contributed by atoms with Crippen molar-refractivity contribution >= 4 is 16.9 Å². The summed E-state index contributed by atoms with van der Waals surface area (Å²) in [6.45, 7) is 3.62. The maximum absolute atomic E-state index is 12.4. The number of ether oxygens (including phenoxy) is 2. The Labute approximate surface area is 144 Å². The van der Waals surface area contributed by atoms with Gasteiger partial charge in [0.15, 0.2) is 11.5 Å². The van der Waals surface area contributed by atoms with Crippen molar-refractivity contribution in [3.8, 4) is 17.1 Å². The standard InChI is InChI=1S/C20H18O5/c1-3-23-20(22)13(2)24-15-9-10-18-16(11-15)17(21)12-19(25-18)14-7-5-4-6-8-14/h4-13H,3H2,1-2H3/t13-/m0/s1. The predicted molar refractivity (Wildman–Crippen MR) is 94.6 cm³/mol. The summed E-state index contributed by atoms with van der Waals surface area (Å²) in [5.41, 5.74) is 1.12. The summed E-state index contributed by atoms with van der Waals surface area (Å²) in [5, 5.41) is 0.397. The first kappa shape index (κ1) is 16.8. The number of carbonyl (C=O) groups excluding carboxylic acids is 1. The Morgan fingerprint density at radius 3 is 2.60 bits per heavy atom. The van der Waals surface area contributed by atoms with E-state index in [1.165, 1.54) is 6.07 Å². The zero-order valence-corrected chi connectivity index (χ0v) is 14.0. The maximum atomic E-state index is 12.4. The van der Waals surface area contributed by atoms with Gasteiger partial charge in [0.05, 0.1) is 12.0 Å². The normalized spacial score (nSPS) is 11.9. The molecule has 128 valence electrons. The van der Waals surface area contributed by atoms with E-state index in [9.17, 15) is 9.59 Å². The first-order valence-corrected chi connectivity index (χ1v) is 8.05. The van der Waals surface area contributed by atoms with Crippen LogP contribution < -0.4 is 10.2 Å². The molecule has 1 atom stereocenters. The SMILES string of the molecule is CCOC(=O)[C@H](C)Oc1ccc2oc(-c3ccccc3)cc(=O)c2c1. The second-order valence-electron chi connectivity index (χ2n) is 5.51. The minimum absolute atomic E-state index is 0.172. The van der Waals surface area contributed by atoms with E-state index in [2.05, 4.69) is 0 Å². The number of hydrogen-bond acceptors (Lipinski definition) is 5. The van der Waals surface area contributed by atoms with Crippen LogP contribution in [0.5, 0.6) is 5.75 Å². The molecule has 0 spiro atoms. The minimum Gasteiger partial charge on any atom is -0.479 e. The van der Waals surface area contributed by atoms with Crippen LogP contribution in [0.25, 0.3) is 22.3 Å². The van der Waals surface area contributed by atoms with Gasteiger partial charge in [0.1, 0.15) is 17.1 Å². The van der Waals surface area contributed by atoms with Crippen LogP contribution >= 0.6 is 0 Å². The molecule has 3 rings (SSSR count). The Morgan fingerprint density at radius 2 is 1.88 bits per heavy atom. The molecule has 1 heterocycles. The van der Waals surface area contributed by atoms with Crippen LogP contribution in [0.2, 0.25) is 0 Å². The Hall–Kier alpha value is -3.08. The number of benzene rings is 2. The van der Waals surface area contributed by atoms with E-state index in [0.29, 0.717) is 22.5 Å². The molecule has 0 N–H and O–H groups in total. The van der Waals surface area contributed by atoms with Gasteiger partial charge in [0.2, 0.25) is 0 Å². The Balaban J connectivity index is 1.93. The highest BCUT2D eigenvalue weighted by Crippen LogP contribution is 2.25. The number of rotatable bonds is 5. The molecule has 0 bridgehead atoms. The molecule has 0 saturated carbocycles. The summed E-state index contributed by atoms with van der Waals surface area (Å²) in [7, 11) is 0. The molecular weight excluding hydrogens is 320 g/mol. The number of esters is 1. The van der Waals surface area contributed by atoms with E-state index in [1.807, 2.05) is 30.3 Å². The lowest BCUT2D eigenvalue weighted by molar-refractivity contribution is -0.150. The second-order valence-corrected chi connectivity index (χ2v) is 5.51. The van der Waals surface area contributed by atoms with Crippen molar-refractivity contribution in [3.63, 3.8) is 0 Å². The molecule has 0 saturated heterocycles. The molecule has 0 aliphatic heterocycles. The van der Waals surface area contributed by atoms with Crippen molar-refractivity contribution in [2.45, 2.75) is 20.0 Å². The van der Waals surface area contributed by atoms with Crippen molar-refractivity contribution in [2.24, 2.45) is 0 Å². The van der Waals surface area contributed by atoms with E-state index < -0.39 is 12.1 Å². The summed E-state index contributed by atoms with van der Waals surface area (Å²) in [6.07, 6.45) is -0.756. The molecule has 5 heteroatoms. The van der Waals surface area contributed by atoms with Crippen LogP contribution in [0, 0.1) is 0 Å². The third kappa shape index (κ3) is 3.71. The van der Waals surface area contributed by atoms with Crippen LogP contribution in [0.15, 0.2) is 63.8 Å². The maximum Gasteiger partial charge on any atom is 0.347 e. The first-order valence-electron chi connectivity index (χ1n) is 8.05. The van der Waals surface area contributed by atoms with Crippen LogP contribution in [0.3, 0.4) is 0 Å². The fraction of sp³-hybridized carbons (Fsp3) is 0.200.